The van der Waals surface area contributed by atoms with Gasteiger partial charge in [-0.15, -0.1) is 0 Å². The summed E-state index contributed by atoms with van der Waals surface area (Å²) in [5.41, 5.74) is 2.11. The summed E-state index contributed by atoms with van der Waals surface area (Å²) in [6.07, 6.45) is 8.11. The zero-order valence-corrected chi connectivity index (χ0v) is 25.4. The van der Waals surface area contributed by atoms with Crippen molar-refractivity contribution in [2.24, 2.45) is 5.92 Å². The van der Waals surface area contributed by atoms with E-state index in [0.717, 1.165) is 56.2 Å². The third kappa shape index (κ3) is 9.54. The number of carbonyl (C=O) groups is 2. The molecule has 2 amide bonds. The van der Waals surface area contributed by atoms with Gasteiger partial charge in [0.25, 0.3) is 0 Å². The number of amides is 2. The van der Waals surface area contributed by atoms with Crippen molar-refractivity contribution in [1.82, 2.24) is 20.4 Å². The maximum absolute atomic E-state index is 13.4. The minimum atomic E-state index is -0.816. The van der Waals surface area contributed by atoms with Crippen molar-refractivity contribution in [2.45, 2.75) is 95.7 Å². The zero-order chi connectivity index (χ0) is 29.7. The Kier molecular flexibility index (Phi) is 12.7. The lowest BCUT2D eigenvalue weighted by Gasteiger charge is -2.38. The van der Waals surface area contributed by atoms with E-state index in [0.29, 0.717) is 19.0 Å². The van der Waals surface area contributed by atoms with Gasteiger partial charge in [0.05, 0.1) is 12.1 Å². The summed E-state index contributed by atoms with van der Waals surface area (Å²) in [5, 5.41) is 18.0. The normalized spacial score (nSPS) is 20.0. The maximum atomic E-state index is 13.4. The summed E-state index contributed by atoms with van der Waals surface area (Å²) < 4.78 is 5.77. The second-order valence-corrected chi connectivity index (χ2v) is 12.0. The molecular weight excluding hydrogens is 528 g/mol. The summed E-state index contributed by atoms with van der Waals surface area (Å²) in [5.74, 6) is 0.405. The molecule has 1 heterocycles. The number of rotatable bonds is 14. The van der Waals surface area contributed by atoms with Gasteiger partial charge in [-0.2, -0.15) is 0 Å². The van der Waals surface area contributed by atoms with Crippen molar-refractivity contribution in [3.8, 4) is 0 Å². The Balaban J connectivity index is 1.46. The standard InChI is InChI=1S/C34H50N4O4/c1-26(35-2)32(39)36-31(23-28-15-8-4-9-16-28)33(40)38-21-12-19-30(38)24-37(22-20-27-13-6-3-7-14-27)34(41)42-25-29-17-10-5-11-18-29/h3,5-7,10-11,13-14,17-18,26,28,30-31,33,35,40H,4,8-9,12,15-16,19-25H2,1-2H3,(H,36,39)/t26-,30-,31?,33?/m0/s1. The van der Waals surface area contributed by atoms with E-state index in [1.807, 2.05) is 55.5 Å². The molecule has 0 aromatic heterocycles. The number of hydrogen-bond donors (Lipinski definition) is 3. The molecule has 1 saturated heterocycles. The predicted molar refractivity (Wildman–Crippen MR) is 166 cm³/mol. The van der Waals surface area contributed by atoms with Crippen molar-refractivity contribution < 1.29 is 19.4 Å². The Morgan fingerprint density at radius 3 is 2.31 bits per heavy atom. The van der Waals surface area contributed by atoms with Crippen molar-refractivity contribution in [3.05, 3.63) is 71.8 Å². The third-order valence-electron chi connectivity index (χ3n) is 9.00. The highest BCUT2D eigenvalue weighted by molar-refractivity contribution is 5.81. The highest BCUT2D eigenvalue weighted by atomic mass is 16.6. The minimum absolute atomic E-state index is 0.0208. The first-order chi connectivity index (χ1) is 20.4. The van der Waals surface area contributed by atoms with Gasteiger partial charge in [0.2, 0.25) is 5.91 Å². The van der Waals surface area contributed by atoms with Gasteiger partial charge in [0.1, 0.15) is 12.8 Å². The molecule has 2 aromatic carbocycles. The Labute approximate surface area is 251 Å². The lowest BCUT2D eigenvalue weighted by molar-refractivity contribution is -0.126. The van der Waals surface area contributed by atoms with Gasteiger partial charge < -0.3 is 25.4 Å². The molecule has 0 radical (unpaired) electrons. The Morgan fingerprint density at radius 1 is 0.976 bits per heavy atom. The number of likely N-dealkylation sites (tertiary alicyclic amines) is 1. The average molecular weight is 579 g/mol. The molecule has 1 aliphatic heterocycles. The third-order valence-corrected chi connectivity index (χ3v) is 9.00. The summed E-state index contributed by atoms with van der Waals surface area (Å²) >= 11 is 0. The largest absolute Gasteiger partial charge is 0.445 e. The van der Waals surface area contributed by atoms with Gasteiger partial charge in [-0.1, -0.05) is 92.8 Å². The van der Waals surface area contributed by atoms with Crippen LogP contribution in [-0.2, 0) is 22.6 Å². The molecule has 1 aliphatic carbocycles. The quantitative estimate of drug-likeness (QED) is 0.301. The lowest BCUT2D eigenvalue weighted by atomic mass is 9.84. The van der Waals surface area contributed by atoms with Crippen LogP contribution in [0.5, 0.6) is 0 Å². The molecule has 2 fully saturated rings. The first kappa shape index (κ1) is 32.0. The minimum Gasteiger partial charge on any atom is -0.445 e. The number of benzene rings is 2. The van der Waals surface area contributed by atoms with E-state index in [9.17, 15) is 14.7 Å². The molecule has 1 saturated carbocycles. The van der Waals surface area contributed by atoms with Crippen molar-refractivity contribution >= 4 is 12.0 Å². The van der Waals surface area contributed by atoms with E-state index in [2.05, 4.69) is 27.7 Å². The van der Waals surface area contributed by atoms with Crippen LogP contribution in [0.15, 0.2) is 60.7 Å². The Morgan fingerprint density at radius 2 is 1.64 bits per heavy atom. The first-order valence-electron chi connectivity index (χ1n) is 15.9. The van der Waals surface area contributed by atoms with Crippen LogP contribution in [0.4, 0.5) is 4.79 Å². The number of aliphatic hydroxyl groups excluding tert-OH is 1. The van der Waals surface area contributed by atoms with Crippen LogP contribution in [0.1, 0.15) is 69.4 Å². The fourth-order valence-corrected chi connectivity index (χ4v) is 6.34. The van der Waals surface area contributed by atoms with Gasteiger partial charge in [-0.05, 0) is 56.7 Å². The van der Waals surface area contributed by atoms with Crippen LogP contribution < -0.4 is 10.6 Å². The van der Waals surface area contributed by atoms with Crippen molar-refractivity contribution in [3.63, 3.8) is 0 Å². The SMILES string of the molecule is CN[C@@H](C)C(=O)NC(CC1CCCCC1)C(O)N1CCC[C@H]1CN(CCc1ccccc1)C(=O)OCc1ccccc1. The molecule has 2 aromatic rings. The Bertz CT molecular complexity index is 1080. The summed E-state index contributed by atoms with van der Waals surface area (Å²) in [6.45, 7) is 3.78. The number of nitrogens with zero attached hydrogens (tertiary/aromatic N) is 2. The monoisotopic (exact) mass is 578 g/mol. The van der Waals surface area contributed by atoms with E-state index >= 15 is 0 Å². The van der Waals surface area contributed by atoms with E-state index in [1.165, 1.54) is 19.3 Å². The predicted octanol–water partition coefficient (Wildman–Crippen LogP) is 4.71. The maximum Gasteiger partial charge on any atom is 0.410 e. The molecule has 4 rings (SSSR count). The zero-order valence-electron chi connectivity index (χ0n) is 25.4. The first-order valence-corrected chi connectivity index (χ1v) is 15.9. The fourth-order valence-electron chi connectivity index (χ4n) is 6.34. The van der Waals surface area contributed by atoms with Gasteiger partial charge in [0, 0.05) is 25.7 Å². The van der Waals surface area contributed by atoms with Crippen LogP contribution in [0, 0.1) is 5.92 Å². The summed E-state index contributed by atoms with van der Waals surface area (Å²) in [4.78, 5) is 30.2. The van der Waals surface area contributed by atoms with E-state index in [4.69, 9.17) is 4.74 Å². The highest BCUT2D eigenvalue weighted by Crippen LogP contribution is 2.30. The molecule has 2 aliphatic rings. The second-order valence-electron chi connectivity index (χ2n) is 12.0. The van der Waals surface area contributed by atoms with Crippen LogP contribution in [0.25, 0.3) is 0 Å². The van der Waals surface area contributed by atoms with Crippen molar-refractivity contribution in [2.75, 3.05) is 26.7 Å². The van der Waals surface area contributed by atoms with Crippen LogP contribution in [-0.4, -0.2) is 77.9 Å². The molecule has 0 bridgehead atoms. The van der Waals surface area contributed by atoms with Gasteiger partial charge in [0.15, 0.2) is 0 Å². The number of nitrogens with one attached hydrogen (secondary N) is 2. The molecule has 4 atom stereocenters. The van der Waals surface area contributed by atoms with Crippen LogP contribution in [0.3, 0.4) is 0 Å². The van der Waals surface area contributed by atoms with E-state index in [-0.39, 0.29) is 36.7 Å². The highest BCUT2D eigenvalue weighted by Gasteiger charge is 2.38. The lowest BCUT2D eigenvalue weighted by Crippen LogP contribution is -2.57. The smallest absolute Gasteiger partial charge is 0.410 e. The number of carbonyl (C=O) groups excluding carboxylic acids is 2. The van der Waals surface area contributed by atoms with Gasteiger partial charge in [-0.25, -0.2) is 4.79 Å². The molecule has 0 spiro atoms. The number of hydrogen-bond acceptors (Lipinski definition) is 6. The molecule has 42 heavy (non-hydrogen) atoms. The van der Waals surface area contributed by atoms with Crippen LogP contribution >= 0.6 is 0 Å². The number of likely N-dealkylation sites (N-methyl/N-ethyl adjacent to an activating group) is 1. The number of ether oxygens (including phenoxy) is 1. The Hall–Kier alpha value is -2.94. The van der Waals surface area contributed by atoms with Crippen LogP contribution in [0.2, 0.25) is 0 Å². The summed E-state index contributed by atoms with van der Waals surface area (Å²) in [7, 11) is 1.77. The molecule has 2 unspecified atom stereocenters. The molecule has 8 nitrogen and oxygen atoms in total. The second kappa shape index (κ2) is 16.6. The fraction of sp³-hybridized carbons (Fsp3) is 0.588. The molecule has 8 heteroatoms. The van der Waals surface area contributed by atoms with E-state index < -0.39 is 6.23 Å². The topological polar surface area (TPSA) is 94.1 Å². The number of aliphatic hydroxyl groups is 1. The van der Waals surface area contributed by atoms with Gasteiger partial charge >= 0.3 is 6.09 Å². The molecule has 3 N–H and O–H groups in total. The summed E-state index contributed by atoms with van der Waals surface area (Å²) in [6, 6.07) is 19.2. The molecule has 230 valence electrons. The van der Waals surface area contributed by atoms with Crippen molar-refractivity contribution in [1.29, 1.82) is 0 Å². The van der Waals surface area contributed by atoms with Gasteiger partial charge in [-0.3, -0.25) is 9.69 Å². The average Bonchev–Trinajstić information content (AvgIpc) is 3.50. The van der Waals surface area contributed by atoms with E-state index in [1.54, 1.807) is 11.9 Å². The molecular formula is C34H50N4O4.